The molecule has 0 aromatic heterocycles. The van der Waals surface area contributed by atoms with E-state index in [2.05, 4.69) is 10.6 Å². The van der Waals surface area contributed by atoms with E-state index in [0.717, 1.165) is 12.1 Å². The molecule has 134 valence electrons. The van der Waals surface area contributed by atoms with E-state index in [1.807, 2.05) is 6.92 Å². The number of amides is 1. The number of carbonyl (C=O) groups is 1. The lowest BCUT2D eigenvalue weighted by Gasteiger charge is -2.13. The molecular weight excluding hydrogens is 357 g/mol. The van der Waals surface area contributed by atoms with E-state index in [9.17, 15) is 18.0 Å². The van der Waals surface area contributed by atoms with Crippen molar-refractivity contribution in [2.45, 2.75) is 13.1 Å². The van der Waals surface area contributed by atoms with Gasteiger partial charge in [0.25, 0.3) is 0 Å². The van der Waals surface area contributed by atoms with Crippen LogP contribution in [0.5, 0.6) is 5.75 Å². The van der Waals surface area contributed by atoms with Gasteiger partial charge in [-0.25, -0.2) is 0 Å². The SMILES string of the molecule is CCOc1ccccc1NC(=O)CNc1ccc(Cl)c(C(F)(F)F)c1. The van der Waals surface area contributed by atoms with Crippen molar-refractivity contribution in [3.63, 3.8) is 0 Å². The maximum atomic E-state index is 12.8. The van der Waals surface area contributed by atoms with Gasteiger partial charge in [0.05, 0.1) is 29.4 Å². The van der Waals surface area contributed by atoms with E-state index < -0.39 is 22.7 Å². The Morgan fingerprint density at radius 3 is 2.60 bits per heavy atom. The number of para-hydroxylation sites is 2. The Bertz CT molecular complexity index is 751. The molecule has 0 radical (unpaired) electrons. The van der Waals surface area contributed by atoms with Crippen molar-refractivity contribution in [1.82, 2.24) is 0 Å². The summed E-state index contributed by atoms with van der Waals surface area (Å²) in [6.07, 6.45) is -4.56. The Morgan fingerprint density at radius 2 is 1.92 bits per heavy atom. The number of hydrogen-bond donors (Lipinski definition) is 2. The zero-order valence-electron chi connectivity index (χ0n) is 13.3. The lowest BCUT2D eigenvalue weighted by atomic mass is 10.2. The second-order valence-corrected chi connectivity index (χ2v) is 5.43. The summed E-state index contributed by atoms with van der Waals surface area (Å²) in [6, 6.07) is 10.3. The number of rotatable bonds is 6. The molecule has 2 aromatic carbocycles. The first-order valence-corrected chi connectivity index (χ1v) is 7.81. The molecule has 0 saturated carbocycles. The van der Waals surface area contributed by atoms with Crippen molar-refractivity contribution in [1.29, 1.82) is 0 Å². The van der Waals surface area contributed by atoms with Crippen molar-refractivity contribution in [2.24, 2.45) is 0 Å². The van der Waals surface area contributed by atoms with Crippen LogP contribution in [0.15, 0.2) is 42.5 Å². The highest BCUT2D eigenvalue weighted by atomic mass is 35.5. The molecule has 0 spiro atoms. The van der Waals surface area contributed by atoms with Gasteiger partial charge in [0, 0.05) is 5.69 Å². The molecule has 0 heterocycles. The lowest BCUT2D eigenvalue weighted by Crippen LogP contribution is -2.22. The van der Waals surface area contributed by atoms with Gasteiger partial charge in [-0.15, -0.1) is 0 Å². The van der Waals surface area contributed by atoms with E-state index in [4.69, 9.17) is 16.3 Å². The summed E-state index contributed by atoms with van der Waals surface area (Å²) in [5.74, 6) is 0.0971. The van der Waals surface area contributed by atoms with Crippen molar-refractivity contribution in [3.8, 4) is 5.75 Å². The van der Waals surface area contributed by atoms with Gasteiger partial charge in [-0.05, 0) is 37.3 Å². The van der Waals surface area contributed by atoms with Crippen LogP contribution >= 0.6 is 11.6 Å². The maximum absolute atomic E-state index is 12.8. The average molecular weight is 373 g/mol. The Kier molecular flexibility index (Phi) is 6.14. The molecule has 1 amide bonds. The minimum Gasteiger partial charge on any atom is -0.492 e. The molecule has 0 saturated heterocycles. The van der Waals surface area contributed by atoms with Gasteiger partial charge in [-0.3, -0.25) is 4.79 Å². The van der Waals surface area contributed by atoms with Crippen LogP contribution < -0.4 is 15.4 Å². The quantitative estimate of drug-likeness (QED) is 0.765. The molecule has 25 heavy (non-hydrogen) atoms. The third-order valence-corrected chi connectivity index (χ3v) is 3.52. The molecule has 0 aliphatic heterocycles. The Balaban J connectivity index is 2.01. The molecule has 0 fully saturated rings. The maximum Gasteiger partial charge on any atom is 0.417 e. The monoisotopic (exact) mass is 372 g/mol. The molecule has 2 N–H and O–H groups in total. The van der Waals surface area contributed by atoms with Gasteiger partial charge in [-0.2, -0.15) is 13.2 Å². The summed E-state index contributed by atoms with van der Waals surface area (Å²) in [5.41, 5.74) is -0.325. The van der Waals surface area contributed by atoms with Crippen LogP contribution in [0.25, 0.3) is 0 Å². The molecule has 8 heteroatoms. The second-order valence-electron chi connectivity index (χ2n) is 5.02. The highest BCUT2D eigenvalue weighted by Gasteiger charge is 2.33. The van der Waals surface area contributed by atoms with Gasteiger partial charge in [0.2, 0.25) is 5.91 Å². The number of alkyl halides is 3. The fourth-order valence-corrected chi connectivity index (χ4v) is 2.31. The number of halogens is 4. The number of carbonyl (C=O) groups excluding carboxylic acids is 1. The van der Waals surface area contributed by atoms with Crippen molar-refractivity contribution in [3.05, 3.63) is 53.1 Å². The zero-order chi connectivity index (χ0) is 18.4. The summed E-state index contributed by atoms with van der Waals surface area (Å²) >= 11 is 5.56. The number of hydrogen-bond acceptors (Lipinski definition) is 3. The van der Waals surface area contributed by atoms with Gasteiger partial charge < -0.3 is 15.4 Å². The summed E-state index contributed by atoms with van der Waals surface area (Å²) < 4.78 is 43.9. The Hall–Kier alpha value is -2.41. The van der Waals surface area contributed by atoms with Crippen LogP contribution in [0.3, 0.4) is 0 Å². The predicted molar refractivity (Wildman–Crippen MR) is 91.2 cm³/mol. The molecule has 0 bridgehead atoms. The first-order valence-electron chi connectivity index (χ1n) is 7.43. The summed E-state index contributed by atoms with van der Waals surface area (Å²) in [5, 5.41) is 4.90. The number of anilines is 2. The molecular formula is C17H16ClF3N2O2. The largest absolute Gasteiger partial charge is 0.492 e. The third-order valence-electron chi connectivity index (χ3n) is 3.19. The molecule has 2 rings (SSSR count). The number of nitrogens with one attached hydrogen (secondary N) is 2. The van der Waals surface area contributed by atoms with E-state index in [0.29, 0.717) is 18.0 Å². The van der Waals surface area contributed by atoms with Crippen LogP contribution in [0.4, 0.5) is 24.5 Å². The fourth-order valence-electron chi connectivity index (χ4n) is 2.08. The third kappa shape index (κ3) is 5.29. The summed E-state index contributed by atoms with van der Waals surface area (Å²) in [6.45, 7) is 2.05. The highest BCUT2D eigenvalue weighted by Crippen LogP contribution is 2.36. The Labute approximate surface area is 147 Å². The number of benzene rings is 2. The zero-order valence-corrected chi connectivity index (χ0v) is 14.0. The van der Waals surface area contributed by atoms with E-state index in [1.165, 1.54) is 6.07 Å². The van der Waals surface area contributed by atoms with Crippen LogP contribution in [0.1, 0.15) is 12.5 Å². The first kappa shape index (κ1) is 18.9. The molecule has 0 aliphatic carbocycles. The topological polar surface area (TPSA) is 50.4 Å². The molecule has 0 aliphatic rings. The van der Waals surface area contributed by atoms with E-state index in [1.54, 1.807) is 24.3 Å². The lowest BCUT2D eigenvalue weighted by molar-refractivity contribution is -0.137. The summed E-state index contributed by atoms with van der Waals surface area (Å²) in [7, 11) is 0. The van der Waals surface area contributed by atoms with Crippen molar-refractivity contribution in [2.75, 3.05) is 23.8 Å². The fraction of sp³-hybridized carbons (Fsp3) is 0.235. The molecule has 2 aromatic rings. The molecule has 0 atom stereocenters. The van der Waals surface area contributed by atoms with E-state index in [-0.39, 0.29) is 12.2 Å². The van der Waals surface area contributed by atoms with Gasteiger partial charge >= 0.3 is 6.18 Å². The van der Waals surface area contributed by atoms with Gasteiger partial charge in [0.1, 0.15) is 5.75 Å². The molecule has 0 unspecified atom stereocenters. The predicted octanol–water partition coefficient (Wildman–Crippen LogP) is 4.81. The van der Waals surface area contributed by atoms with Crippen molar-refractivity contribution >= 4 is 28.9 Å². The average Bonchev–Trinajstić information content (AvgIpc) is 2.55. The highest BCUT2D eigenvalue weighted by molar-refractivity contribution is 6.31. The van der Waals surface area contributed by atoms with Crippen LogP contribution in [-0.2, 0) is 11.0 Å². The minimum atomic E-state index is -4.56. The smallest absolute Gasteiger partial charge is 0.417 e. The van der Waals surface area contributed by atoms with Crippen molar-refractivity contribution < 1.29 is 22.7 Å². The number of ether oxygens (including phenoxy) is 1. The van der Waals surface area contributed by atoms with E-state index >= 15 is 0 Å². The normalized spacial score (nSPS) is 11.1. The second kappa shape index (κ2) is 8.11. The van der Waals surface area contributed by atoms with Gasteiger partial charge in [-0.1, -0.05) is 23.7 Å². The molecule has 4 nitrogen and oxygen atoms in total. The Morgan fingerprint density at radius 1 is 1.20 bits per heavy atom. The van der Waals surface area contributed by atoms with Crippen LogP contribution in [0.2, 0.25) is 5.02 Å². The first-order chi connectivity index (χ1) is 11.8. The minimum absolute atomic E-state index is 0.143. The van der Waals surface area contributed by atoms with Gasteiger partial charge in [0.15, 0.2) is 0 Å². The van der Waals surface area contributed by atoms with Crippen LogP contribution in [0, 0.1) is 0 Å². The van der Waals surface area contributed by atoms with Crippen LogP contribution in [-0.4, -0.2) is 19.1 Å². The summed E-state index contributed by atoms with van der Waals surface area (Å²) in [4.78, 5) is 12.0. The standard InChI is InChI=1S/C17H16ClF3N2O2/c1-2-25-15-6-4-3-5-14(15)23-16(24)10-22-11-7-8-13(18)12(9-11)17(19,20)21/h3-9,22H,2,10H2,1H3,(H,23,24).